The Labute approximate surface area is 126 Å². The standard InChI is InChI=1S/C15H23NO4S/c1-11(17)12-4-6-14(7-5-12)21(18,19)16-13-8-9-20-15(2,3)10-13/h4-7,11,13,16-17H,8-10H2,1-3H3. The largest absolute Gasteiger partial charge is 0.389 e. The summed E-state index contributed by atoms with van der Waals surface area (Å²) in [6.07, 6.45) is 0.720. The molecule has 1 aromatic carbocycles. The molecule has 118 valence electrons. The minimum atomic E-state index is -3.54. The predicted molar refractivity (Wildman–Crippen MR) is 80.5 cm³/mol. The van der Waals surface area contributed by atoms with E-state index in [1.165, 1.54) is 12.1 Å². The monoisotopic (exact) mass is 313 g/mol. The van der Waals surface area contributed by atoms with Gasteiger partial charge in [-0.1, -0.05) is 12.1 Å². The van der Waals surface area contributed by atoms with E-state index >= 15 is 0 Å². The normalized spacial score (nSPS) is 23.7. The van der Waals surface area contributed by atoms with E-state index in [2.05, 4.69) is 4.72 Å². The predicted octanol–water partition coefficient (Wildman–Crippen LogP) is 1.98. The summed E-state index contributed by atoms with van der Waals surface area (Å²) in [5, 5.41) is 9.46. The van der Waals surface area contributed by atoms with Crippen LogP contribution in [0.2, 0.25) is 0 Å². The number of aliphatic hydroxyl groups excluding tert-OH is 1. The molecule has 0 spiro atoms. The van der Waals surface area contributed by atoms with E-state index in [-0.39, 0.29) is 16.5 Å². The molecule has 6 heteroatoms. The van der Waals surface area contributed by atoms with E-state index in [4.69, 9.17) is 4.74 Å². The molecule has 0 aromatic heterocycles. The summed E-state index contributed by atoms with van der Waals surface area (Å²) in [6.45, 7) is 6.13. The van der Waals surface area contributed by atoms with Crippen LogP contribution in [0, 0.1) is 0 Å². The highest BCUT2D eigenvalue weighted by atomic mass is 32.2. The maximum Gasteiger partial charge on any atom is 0.240 e. The molecule has 1 saturated heterocycles. The fourth-order valence-electron chi connectivity index (χ4n) is 2.55. The molecule has 0 amide bonds. The van der Waals surface area contributed by atoms with Gasteiger partial charge >= 0.3 is 0 Å². The van der Waals surface area contributed by atoms with Crippen LogP contribution in [0.3, 0.4) is 0 Å². The van der Waals surface area contributed by atoms with Crippen molar-refractivity contribution in [3.8, 4) is 0 Å². The third-order valence-electron chi connectivity index (χ3n) is 3.69. The highest BCUT2D eigenvalue weighted by Crippen LogP contribution is 2.25. The zero-order valence-electron chi connectivity index (χ0n) is 12.7. The van der Waals surface area contributed by atoms with Crippen LogP contribution in [0.4, 0.5) is 0 Å². The molecule has 0 radical (unpaired) electrons. The summed E-state index contributed by atoms with van der Waals surface area (Å²) >= 11 is 0. The summed E-state index contributed by atoms with van der Waals surface area (Å²) in [4.78, 5) is 0.219. The van der Waals surface area contributed by atoms with Gasteiger partial charge in [-0.25, -0.2) is 13.1 Å². The molecule has 1 heterocycles. The second-order valence-corrected chi connectivity index (χ2v) is 7.88. The molecular formula is C15H23NO4S. The average molecular weight is 313 g/mol. The SMILES string of the molecule is CC(O)c1ccc(S(=O)(=O)NC2CCOC(C)(C)C2)cc1. The van der Waals surface area contributed by atoms with Gasteiger partial charge < -0.3 is 9.84 Å². The Hall–Kier alpha value is -0.950. The van der Waals surface area contributed by atoms with E-state index in [1.54, 1.807) is 19.1 Å². The van der Waals surface area contributed by atoms with Crippen LogP contribution in [-0.2, 0) is 14.8 Å². The highest BCUT2D eigenvalue weighted by Gasteiger charge is 2.31. The Kier molecular flexibility index (Phi) is 4.72. The molecule has 2 atom stereocenters. The molecule has 5 nitrogen and oxygen atoms in total. The first-order valence-electron chi connectivity index (χ1n) is 7.14. The molecule has 2 rings (SSSR count). The van der Waals surface area contributed by atoms with E-state index < -0.39 is 16.1 Å². The third-order valence-corrected chi connectivity index (χ3v) is 5.23. The molecule has 1 aliphatic heterocycles. The summed E-state index contributed by atoms with van der Waals surface area (Å²) in [7, 11) is -3.54. The third kappa shape index (κ3) is 4.26. The molecule has 2 unspecified atom stereocenters. The van der Waals surface area contributed by atoms with Gasteiger partial charge in [0.25, 0.3) is 0 Å². The van der Waals surface area contributed by atoms with Crippen molar-refractivity contribution >= 4 is 10.0 Å². The quantitative estimate of drug-likeness (QED) is 0.891. The molecule has 1 fully saturated rings. The molecule has 0 saturated carbocycles. The van der Waals surface area contributed by atoms with Gasteiger partial charge in [-0.15, -0.1) is 0 Å². The lowest BCUT2D eigenvalue weighted by atomic mass is 9.95. The molecule has 0 aliphatic carbocycles. The van der Waals surface area contributed by atoms with Crippen molar-refractivity contribution in [1.82, 2.24) is 4.72 Å². The van der Waals surface area contributed by atoms with Crippen LogP contribution < -0.4 is 4.72 Å². The van der Waals surface area contributed by atoms with Crippen LogP contribution in [0.25, 0.3) is 0 Å². The maximum atomic E-state index is 12.4. The molecular weight excluding hydrogens is 290 g/mol. The Morgan fingerprint density at radius 3 is 2.48 bits per heavy atom. The summed E-state index contributed by atoms with van der Waals surface area (Å²) < 4.78 is 33.1. The number of rotatable bonds is 4. The number of sulfonamides is 1. The van der Waals surface area contributed by atoms with Crippen LogP contribution in [0.1, 0.15) is 45.3 Å². The molecule has 2 N–H and O–H groups in total. The average Bonchev–Trinajstić information content (AvgIpc) is 2.37. The van der Waals surface area contributed by atoms with Crippen molar-refractivity contribution in [2.75, 3.05) is 6.61 Å². The first kappa shape index (κ1) is 16.4. The smallest absolute Gasteiger partial charge is 0.240 e. The highest BCUT2D eigenvalue weighted by molar-refractivity contribution is 7.89. The maximum absolute atomic E-state index is 12.4. The molecule has 21 heavy (non-hydrogen) atoms. The number of ether oxygens (including phenoxy) is 1. The van der Waals surface area contributed by atoms with Crippen LogP contribution in [0.15, 0.2) is 29.2 Å². The van der Waals surface area contributed by atoms with Crippen molar-refractivity contribution in [2.24, 2.45) is 0 Å². The lowest BCUT2D eigenvalue weighted by molar-refractivity contribution is -0.0599. The Bertz CT molecular complexity index is 578. The summed E-state index contributed by atoms with van der Waals surface area (Å²) in [5.41, 5.74) is 0.392. The van der Waals surface area contributed by atoms with E-state index in [0.717, 1.165) is 0 Å². The first-order valence-corrected chi connectivity index (χ1v) is 8.62. The van der Waals surface area contributed by atoms with Crippen molar-refractivity contribution in [3.63, 3.8) is 0 Å². The van der Waals surface area contributed by atoms with Gasteiger partial charge in [0, 0.05) is 12.6 Å². The van der Waals surface area contributed by atoms with Crippen molar-refractivity contribution < 1.29 is 18.3 Å². The fourth-order valence-corrected chi connectivity index (χ4v) is 3.82. The van der Waals surface area contributed by atoms with Crippen LogP contribution in [-0.4, -0.2) is 31.8 Å². The number of aliphatic hydroxyl groups is 1. The molecule has 1 aliphatic rings. The second-order valence-electron chi connectivity index (χ2n) is 6.16. The number of benzene rings is 1. The summed E-state index contributed by atoms with van der Waals surface area (Å²) in [6, 6.07) is 6.19. The van der Waals surface area contributed by atoms with Gasteiger partial charge in [-0.3, -0.25) is 0 Å². The number of nitrogens with one attached hydrogen (secondary N) is 1. The fraction of sp³-hybridized carbons (Fsp3) is 0.600. The van der Waals surface area contributed by atoms with E-state index in [0.29, 0.717) is 25.0 Å². The lowest BCUT2D eigenvalue weighted by Crippen LogP contribution is -2.45. The van der Waals surface area contributed by atoms with Crippen molar-refractivity contribution in [1.29, 1.82) is 0 Å². The Balaban J connectivity index is 2.11. The molecule has 1 aromatic rings. The van der Waals surface area contributed by atoms with Gasteiger partial charge in [0.15, 0.2) is 0 Å². The Morgan fingerprint density at radius 1 is 1.33 bits per heavy atom. The van der Waals surface area contributed by atoms with Gasteiger partial charge in [0.1, 0.15) is 0 Å². The first-order chi connectivity index (χ1) is 9.70. The number of hydrogen-bond acceptors (Lipinski definition) is 4. The van der Waals surface area contributed by atoms with E-state index in [1.807, 2.05) is 13.8 Å². The Morgan fingerprint density at radius 2 is 1.95 bits per heavy atom. The molecule has 0 bridgehead atoms. The van der Waals surface area contributed by atoms with Gasteiger partial charge in [-0.05, 0) is 51.3 Å². The topological polar surface area (TPSA) is 75.6 Å². The van der Waals surface area contributed by atoms with Crippen LogP contribution >= 0.6 is 0 Å². The number of hydrogen-bond donors (Lipinski definition) is 2. The van der Waals surface area contributed by atoms with Gasteiger partial charge in [-0.2, -0.15) is 0 Å². The van der Waals surface area contributed by atoms with Gasteiger partial charge in [0.05, 0.1) is 16.6 Å². The van der Waals surface area contributed by atoms with Crippen LogP contribution in [0.5, 0.6) is 0 Å². The van der Waals surface area contributed by atoms with Gasteiger partial charge in [0.2, 0.25) is 10.0 Å². The lowest BCUT2D eigenvalue weighted by Gasteiger charge is -2.35. The second kappa shape index (κ2) is 6.04. The minimum absolute atomic E-state index is 0.116. The summed E-state index contributed by atoms with van der Waals surface area (Å²) in [5.74, 6) is 0. The van der Waals surface area contributed by atoms with E-state index in [9.17, 15) is 13.5 Å². The van der Waals surface area contributed by atoms with Crippen molar-refractivity contribution in [3.05, 3.63) is 29.8 Å². The zero-order valence-corrected chi connectivity index (χ0v) is 13.5. The zero-order chi connectivity index (χ0) is 15.7. The van der Waals surface area contributed by atoms with Crippen molar-refractivity contribution in [2.45, 2.75) is 56.3 Å². The minimum Gasteiger partial charge on any atom is -0.389 e.